The Morgan fingerprint density at radius 3 is 2.73 bits per heavy atom. The first-order valence-electron chi connectivity index (χ1n) is 2.95. The lowest BCUT2D eigenvalue weighted by molar-refractivity contribution is 0.0593. The van der Waals surface area contributed by atoms with Crippen LogP contribution in [0.5, 0.6) is 0 Å². The summed E-state index contributed by atoms with van der Waals surface area (Å²) in [4.78, 5) is 10.9. The van der Waals surface area contributed by atoms with E-state index in [-0.39, 0.29) is 5.69 Å². The van der Waals surface area contributed by atoms with Gasteiger partial charge in [0, 0.05) is 5.56 Å². The van der Waals surface area contributed by atoms with Crippen LogP contribution in [0.3, 0.4) is 0 Å². The van der Waals surface area contributed by atoms with Gasteiger partial charge in [0.2, 0.25) is 0 Å². The number of hydrogen-bond donors (Lipinski definition) is 1. The van der Waals surface area contributed by atoms with Gasteiger partial charge in [-0.1, -0.05) is 11.6 Å². The Morgan fingerprint density at radius 2 is 2.36 bits per heavy atom. The van der Waals surface area contributed by atoms with Crippen molar-refractivity contribution in [1.82, 2.24) is 10.2 Å². The van der Waals surface area contributed by atoms with E-state index in [2.05, 4.69) is 14.9 Å². The third-order valence-corrected chi connectivity index (χ3v) is 1.70. The summed E-state index contributed by atoms with van der Waals surface area (Å²) in [6.45, 7) is 1.69. The molecule has 0 aromatic carbocycles. The van der Waals surface area contributed by atoms with Crippen molar-refractivity contribution in [1.29, 1.82) is 0 Å². The Balaban J connectivity index is 3.04. The number of aromatic nitrogens is 2. The quantitative estimate of drug-likeness (QED) is 0.650. The molecular formula is C6H7ClN2O2. The fourth-order valence-corrected chi connectivity index (χ4v) is 0.804. The highest BCUT2D eigenvalue weighted by molar-refractivity contribution is 6.30. The molecular weight excluding hydrogens is 168 g/mol. The molecule has 0 spiro atoms. The van der Waals surface area contributed by atoms with Gasteiger partial charge in [-0.05, 0) is 6.92 Å². The highest BCUT2D eigenvalue weighted by atomic mass is 35.5. The lowest BCUT2D eigenvalue weighted by atomic mass is 10.3. The van der Waals surface area contributed by atoms with E-state index in [1.54, 1.807) is 6.92 Å². The maximum absolute atomic E-state index is 10.9. The number of nitrogens with zero attached hydrogens (tertiary/aromatic N) is 1. The Hall–Kier alpha value is -1.03. The molecule has 60 valence electrons. The number of methoxy groups -OCH3 is 1. The minimum atomic E-state index is -0.481. The summed E-state index contributed by atoms with van der Waals surface area (Å²) in [6, 6.07) is 0. The van der Waals surface area contributed by atoms with Gasteiger partial charge in [-0.15, -0.1) is 0 Å². The molecule has 0 aliphatic rings. The number of hydrogen-bond acceptors (Lipinski definition) is 3. The van der Waals surface area contributed by atoms with E-state index in [1.165, 1.54) is 7.11 Å². The summed E-state index contributed by atoms with van der Waals surface area (Å²) in [5, 5.41) is 6.49. The Morgan fingerprint density at radius 1 is 1.73 bits per heavy atom. The third-order valence-electron chi connectivity index (χ3n) is 1.33. The maximum atomic E-state index is 10.9. The van der Waals surface area contributed by atoms with E-state index in [0.29, 0.717) is 10.7 Å². The lowest BCUT2D eigenvalue weighted by Gasteiger charge is -1.93. The zero-order valence-corrected chi connectivity index (χ0v) is 6.90. The van der Waals surface area contributed by atoms with E-state index >= 15 is 0 Å². The zero-order valence-electron chi connectivity index (χ0n) is 6.14. The summed E-state index contributed by atoms with van der Waals surface area (Å²) < 4.78 is 4.45. The van der Waals surface area contributed by atoms with Crippen LogP contribution in [-0.2, 0) is 4.74 Å². The third kappa shape index (κ3) is 1.35. The van der Waals surface area contributed by atoms with Gasteiger partial charge in [0.25, 0.3) is 0 Å². The van der Waals surface area contributed by atoms with E-state index in [0.717, 1.165) is 0 Å². The van der Waals surface area contributed by atoms with Gasteiger partial charge >= 0.3 is 5.97 Å². The molecule has 0 radical (unpaired) electrons. The highest BCUT2D eigenvalue weighted by Crippen LogP contribution is 2.14. The van der Waals surface area contributed by atoms with Gasteiger partial charge in [0.1, 0.15) is 5.15 Å². The molecule has 0 bridgehead atoms. The van der Waals surface area contributed by atoms with Crippen molar-refractivity contribution in [3.8, 4) is 0 Å². The first-order chi connectivity index (χ1) is 5.16. The topological polar surface area (TPSA) is 55.0 Å². The number of H-pyrrole nitrogens is 1. The minimum absolute atomic E-state index is 0.234. The summed E-state index contributed by atoms with van der Waals surface area (Å²) >= 11 is 5.60. The summed E-state index contributed by atoms with van der Waals surface area (Å²) in [7, 11) is 1.30. The van der Waals surface area contributed by atoms with E-state index < -0.39 is 5.97 Å². The van der Waals surface area contributed by atoms with Crippen LogP contribution in [0.2, 0.25) is 5.15 Å². The minimum Gasteiger partial charge on any atom is -0.464 e. The Kier molecular flexibility index (Phi) is 2.14. The molecule has 11 heavy (non-hydrogen) atoms. The molecule has 0 atom stereocenters. The molecule has 1 aromatic heterocycles. The van der Waals surface area contributed by atoms with Gasteiger partial charge in [-0.25, -0.2) is 4.79 Å². The van der Waals surface area contributed by atoms with Crippen LogP contribution in [0, 0.1) is 6.92 Å². The Bertz CT molecular complexity index is 282. The smallest absolute Gasteiger partial charge is 0.358 e. The fourth-order valence-electron chi connectivity index (χ4n) is 0.672. The number of carbonyl (C=O) groups is 1. The predicted octanol–water partition coefficient (Wildman–Crippen LogP) is 1.16. The van der Waals surface area contributed by atoms with Crippen LogP contribution < -0.4 is 0 Å². The SMILES string of the molecule is COC(=O)c1n[nH]c(Cl)c1C. The number of ether oxygens (including phenoxy) is 1. The van der Waals surface area contributed by atoms with Crippen molar-refractivity contribution in [2.24, 2.45) is 0 Å². The molecule has 0 aliphatic heterocycles. The molecule has 1 aromatic rings. The summed E-state index contributed by atoms with van der Waals surface area (Å²) in [5.74, 6) is -0.481. The number of carbonyl (C=O) groups excluding carboxylic acids is 1. The molecule has 0 amide bonds. The van der Waals surface area contributed by atoms with Crippen molar-refractivity contribution in [2.75, 3.05) is 7.11 Å². The number of esters is 1. The van der Waals surface area contributed by atoms with Gasteiger partial charge < -0.3 is 4.74 Å². The van der Waals surface area contributed by atoms with E-state index in [4.69, 9.17) is 11.6 Å². The van der Waals surface area contributed by atoms with Crippen molar-refractivity contribution in [2.45, 2.75) is 6.92 Å². The van der Waals surface area contributed by atoms with Gasteiger partial charge in [0.15, 0.2) is 5.69 Å². The van der Waals surface area contributed by atoms with Crippen LogP contribution in [0.1, 0.15) is 16.1 Å². The molecule has 0 saturated carbocycles. The van der Waals surface area contributed by atoms with Crippen molar-refractivity contribution in [3.05, 3.63) is 16.4 Å². The normalized spacial score (nSPS) is 9.73. The zero-order chi connectivity index (χ0) is 8.43. The molecule has 1 heterocycles. The first-order valence-corrected chi connectivity index (χ1v) is 3.33. The fraction of sp³-hybridized carbons (Fsp3) is 0.333. The lowest BCUT2D eigenvalue weighted by Crippen LogP contribution is -2.03. The van der Waals surface area contributed by atoms with Crippen LogP contribution in [0.15, 0.2) is 0 Å². The van der Waals surface area contributed by atoms with Gasteiger partial charge in [0.05, 0.1) is 7.11 Å². The molecule has 0 fully saturated rings. The molecule has 1 N–H and O–H groups in total. The van der Waals surface area contributed by atoms with Gasteiger partial charge in [-0.2, -0.15) is 5.10 Å². The number of halogens is 1. The first kappa shape index (κ1) is 8.07. The molecule has 5 heteroatoms. The van der Waals surface area contributed by atoms with Crippen molar-refractivity contribution >= 4 is 17.6 Å². The van der Waals surface area contributed by atoms with Crippen molar-refractivity contribution < 1.29 is 9.53 Å². The average Bonchev–Trinajstić information content (AvgIpc) is 2.32. The number of rotatable bonds is 1. The maximum Gasteiger partial charge on any atom is 0.358 e. The second kappa shape index (κ2) is 2.92. The monoisotopic (exact) mass is 174 g/mol. The second-order valence-electron chi connectivity index (χ2n) is 2.00. The molecule has 0 unspecified atom stereocenters. The summed E-state index contributed by atoms with van der Waals surface area (Å²) in [5.41, 5.74) is 0.844. The van der Waals surface area contributed by atoms with Crippen molar-refractivity contribution in [3.63, 3.8) is 0 Å². The standard InChI is InChI=1S/C6H7ClN2O2/c1-3-4(6(10)11-2)8-9-5(3)7/h1-2H3,(H,8,9). The van der Waals surface area contributed by atoms with Crippen LogP contribution >= 0.6 is 11.6 Å². The largest absolute Gasteiger partial charge is 0.464 e. The second-order valence-corrected chi connectivity index (χ2v) is 2.38. The van der Waals surface area contributed by atoms with E-state index in [1.807, 2.05) is 0 Å². The highest BCUT2D eigenvalue weighted by Gasteiger charge is 2.14. The van der Waals surface area contributed by atoms with E-state index in [9.17, 15) is 4.79 Å². The predicted molar refractivity (Wildman–Crippen MR) is 39.7 cm³/mol. The molecule has 0 saturated heterocycles. The van der Waals surface area contributed by atoms with Gasteiger partial charge in [-0.3, -0.25) is 5.10 Å². The number of nitrogens with one attached hydrogen (secondary N) is 1. The average molecular weight is 175 g/mol. The molecule has 1 rings (SSSR count). The summed E-state index contributed by atoms with van der Waals surface area (Å²) in [6.07, 6.45) is 0. The van der Waals surface area contributed by atoms with Crippen LogP contribution in [0.4, 0.5) is 0 Å². The number of aromatic amines is 1. The Labute approximate surface area is 68.5 Å². The van der Waals surface area contributed by atoms with Crippen LogP contribution in [0.25, 0.3) is 0 Å². The molecule has 4 nitrogen and oxygen atoms in total. The van der Waals surface area contributed by atoms with Crippen LogP contribution in [-0.4, -0.2) is 23.3 Å². The molecule has 0 aliphatic carbocycles.